The van der Waals surface area contributed by atoms with Gasteiger partial charge < -0.3 is 13.6 Å². The van der Waals surface area contributed by atoms with Crippen molar-refractivity contribution in [2.45, 2.75) is 0 Å². The second-order valence-corrected chi connectivity index (χ2v) is 14.9. The van der Waals surface area contributed by atoms with Crippen LogP contribution in [0.3, 0.4) is 0 Å². The lowest BCUT2D eigenvalue weighted by molar-refractivity contribution is 0.671. The van der Waals surface area contributed by atoms with Crippen LogP contribution in [0.2, 0.25) is 0 Å². The summed E-state index contributed by atoms with van der Waals surface area (Å²) in [7, 11) is 0. The highest BCUT2D eigenvalue weighted by Crippen LogP contribution is 2.43. The van der Waals surface area contributed by atoms with Crippen molar-refractivity contribution in [1.82, 2.24) is 9.13 Å². The molecule has 0 radical (unpaired) electrons. The summed E-state index contributed by atoms with van der Waals surface area (Å²) in [6.45, 7) is 0. The molecule has 0 bridgehead atoms. The summed E-state index contributed by atoms with van der Waals surface area (Å²) >= 11 is 0. The number of aromatic nitrogens is 2. The van der Waals surface area contributed by atoms with E-state index in [9.17, 15) is 0 Å². The molecule has 0 amide bonds. The third-order valence-electron chi connectivity index (χ3n) is 11.7. The zero-order chi connectivity index (χ0) is 37.5. The van der Waals surface area contributed by atoms with E-state index in [0.29, 0.717) is 0 Å². The topological polar surface area (TPSA) is 23.0 Å². The molecule has 266 valence electrons. The Hall–Kier alpha value is -7.62. The molecule has 3 heterocycles. The highest BCUT2D eigenvalue weighted by atomic mass is 16.3. The maximum Gasteiger partial charge on any atom is 0.143 e. The van der Waals surface area contributed by atoms with Crippen molar-refractivity contribution in [3.8, 4) is 44.8 Å². The largest absolute Gasteiger partial charge is 0.455 e. The van der Waals surface area contributed by atoms with Gasteiger partial charge in [0.05, 0.1) is 22.1 Å². The molecule has 0 aliphatic carbocycles. The third kappa shape index (κ3) is 4.86. The first-order valence-electron chi connectivity index (χ1n) is 19.5. The van der Waals surface area contributed by atoms with Gasteiger partial charge in [-0.2, -0.15) is 0 Å². The van der Waals surface area contributed by atoms with E-state index in [1.807, 2.05) is 0 Å². The molecule has 3 heteroatoms. The van der Waals surface area contributed by atoms with E-state index in [-0.39, 0.29) is 0 Å². The number of hydrogen-bond donors (Lipinski definition) is 0. The molecule has 12 aromatic rings. The first kappa shape index (κ1) is 31.7. The second-order valence-electron chi connectivity index (χ2n) is 14.9. The molecule has 0 atom stereocenters. The minimum Gasteiger partial charge on any atom is -0.455 e. The molecule has 3 nitrogen and oxygen atoms in total. The molecule has 12 rings (SSSR count). The Morgan fingerprint density at radius 2 is 0.754 bits per heavy atom. The van der Waals surface area contributed by atoms with Gasteiger partial charge in [0, 0.05) is 54.8 Å². The fraction of sp³-hybridized carbons (Fsp3) is 0. The van der Waals surface area contributed by atoms with Crippen LogP contribution in [0.1, 0.15) is 0 Å². The van der Waals surface area contributed by atoms with Crippen molar-refractivity contribution < 1.29 is 4.42 Å². The van der Waals surface area contributed by atoms with Crippen LogP contribution in [0.5, 0.6) is 0 Å². The maximum absolute atomic E-state index is 6.84. The number of fused-ring (bicyclic) bond motifs is 9. The van der Waals surface area contributed by atoms with Crippen molar-refractivity contribution in [2.75, 3.05) is 0 Å². The fourth-order valence-corrected chi connectivity index (χ4v) is 9.11. The van der Waals surface area contributed by atoms with Gasteiger partial charge in [-0.05, 0) is 82.9 Å². The van der Waals surface area contributed by atoms with E-state index in [4.69, 9.17) is 4.42 Å². The SMILES string of the molecule is c1ccc(-c2cccc3c2oc2c(-c4ccccc4)cc(-c4ccc(-n5c6ccccc6c6cc7c(cc65)c5ccccc5n7-c5ccccc5)cc4)cc23)cc1. The van der Waals surface area contributed by atoms with Crippen LogP contribution in [-0.4, -0.2) is 9.13 Å². The summed E-state index contributed by atoms with van der Waals surface area (Å²) in [6, 6.07) is 74.3. The van der Waals surface area contributed by atoms with Crippen molar-refractivity contribution >= 4 is 65.6 Å². The summed E-state index contributed by atoms with van der Waals surface area (Å²) in [5.41, 5.74) is 15.7. The number of para-hydroxylation sites is 4. The molecule has 0 spiro atoms. The normalized spacial score (nSPS) is 11.9. The fourth-order valence-electron chi connectivity index (χ4n) is 9.11. The van der Waals surface area contributed by atoms with Gasteiger partial charge >= 0.3 is 0 Å². The second kappa shape index (κ2) is 12.5. The molecular formula is C54H34N2O. The zero-order valence-electron chi connectivity index (χ0n) is 30.9. The molecule has 0 N–H and O–H groups in total. The average Bonchev–Trinajstić information content (AvgIpc) is 3.94. The number of nitrogens with zero attached hydrogens (tertiary/aromatic N) is 2. The smallest absolute Gasteiger partial charge is 0.143 e. The first-order valence-corrected chi connectivity index (χ1v) is 19.5. The Balaban J connectivity index is 1.05. The highest BCUT2D eigenvalue weighted by Gasteiger charge is 2.20. The molecule has 0 aliphatic rings. The molecule has 9 aromatic carbocycles. The third-order valence-corrected chi connectivity index (χ3v) is 11.7. The van der Waals surface area contributed by atoms with Crippen LogP contribution in [0.25, 0.3) is 110 Å². The molecule has 0 saturated heterocycles. The van der Waals surface area contributed by atoms with Gasteiger partial charge in [-0.1, -0.05) is 146 Å². The van der Waals surface area contributed by atoms with Crippen molar-refractivity contribution in [3.63, 3.8) is 0 Å². The van der Waals surface area contributed by atoms with Crippen LogP contribution < -0.4 is 0 Å². The van der Waals surface area contributed by atoms with E-state index >= 15 is 0 Å². The van der Waals surface area contributed by atoms with E-state index in [1.54, 1.807) is 0 Å². The van der Waals surface area contributed by atoms with E-state index < -0.39 is 0 Å². The first-order chi connectivity index (χ1) is 28.3. The number of rotatable bonds is 5. The summed E-state index contributed by atoms with van der Waals surface area (Å²) < 4.78 is 11.7. The highest BCUT2D eigenvalue weighted by molar-refractivity contribution is 6.19. The Labute approximate surface area is 328 Å². The van der Waals surface area contributed by atoms with Crippen LogP contribution >= 0.6 is 0 Å². The Bertz CT molecular complexity index is 3480. The van der Waals surface area contributed by atoms with Gasteiger partial charge in [0.25, 0.3) is 0 Å². The lowest BCUT2D eigenvalue weighted by Crippen LogP contribution is -1.94. The Morgan fingerprint density at radius 1 is 0.263 bits per heavy atom. The molecule has 0 unspecified atom stereocenters. The summed E-state index contributed by atoms with van der Waals surface area (Å²) in [5, 5.41) is 7.20. The quantitative estimate of drug-likeness (QED) is 0.173. The molecule has 3 aromatic heterocycles. The monoisotopic (exact) mass is 726 g/mol. The lowest BCUT2D eigenvalue weighted by Gasteiger charge is -2.11. The van der Waals surface area contributed by atoms with Gasteiger partial charge in [0.15, 0.2) is 0 Å². The molecule has 0 aliphatic heterocycles. The van der Waals surface area contributed by atoms with Crippen molar-refractivity contribution in [2.24, 2.45) is 0 Å². The predicted molar refractivity (Wildman–Crippen MR) is 239 cm³/mol. The standard InChI is InChI=1S/C54H34N2O/c1-4-15-36(16-5-1)41-23-14-24-44-48-32-38(31-45(54(48)57-53(41)44)37-17-6-2-7-18-37)35-27-29-40(30-28-35)56-50-26-13-11-22-43(50)47-33-51-46(34-52(47)56)42-21-10-12-25-49(42)55(51)39-19-8-3-9-20-39/h1-34H. The van der Waals surface area contributed by atoms with Gasteiger partial charge in [-0.25, -0.2) is 0 Å². The van der Waals surface area contributed by atoms with Gasteiger partial charge in [-0.15, -0.1) is 0 Å². The van der Waals surface area contributed by atoms with Gasteiger partial charge in [-0.3, -0.25) is 0 Å². The number of furan rings is 1. The van der Waals surface area contributed by atoms with E-state index in [0.717, 1.165) is 66.7 Å². The lowest BCUT2D eigenvalue weighted by atomic mass is 9.95. The maximum atomic E-state index is 6.84. The predicted octanol–water partition coefficient (Wildman–Crippen LogP) is 14.8. The zero-order valence-corrected chi connectivity index (χ0v) is 30.9. The molecule has 0 saturated carbocycles. The van der Waals surface area contributed by atoms with Gasteiger partial charge in [0.1, 0.15) is 11.2 Å². The van der Waals surface area contributed by atoms with Crippen molar-refractivity contribution in [3.05, 3.63) is 206 Å². The van der Waals surface area contributed by atoms with Crippen LogP contribution in [0.15, 0.2) is 211 Å². The minimum absolute atomic E-state index is 0.908. The van der Waals surface area contributed by atoms with E-state index in [1.165, 1.54) is 43.6 Å². The summed E-state index contributed by atoms with van der Waals surface area (Å²) in [6.07, 6.45) is 0. The molecule has 57 heavy (non-hydrogen) atoms. The van der Waals surface area contributed by atoms with Crippen molar-refractivity contribution in [1.29, 1.82) is 0 Å². The van der Waals surface area contributed by atoms with Gasteiger partial charge in [0.2, 0.25) is 0 Å². The molecular weight excluding hydrogens is 693 g/mol. The summed E-state index contributed by atoms with van der Waals surface area (Å²) in [4.78, 5) is 0. The Morgan fingerprint density at radius 3 is 1.37 bits per heavy atom. The van der Waals surface area contributed by atoms with Crippen LogP contribution in [0, 0.1) is 0 Å². The number of hydrogen-bond acceptors (Lipinski definition) is 1. The van der Waals surface area contributed by atoms with Crippen LogP contribution in [0.4, 0.5) is 0 Å². The summed E-state index contributed by atoms with van der Waals surface area (Å²) in [5.74, 6) is 0. The molecule has 0 fully saturated rings. The number of benzene rings is 9. The Kier molecular flexibility index (Phi) is 6.93. The average molecular weight is 727 g/mol. The minimum atomic E-state index is 0.908. The van der Waals surface area contributed by atoms with E-state index in [2.05, 4.69) is 215 Å². The van der Waals surface area contributed by atoms with Crippen LogP contribution in [-0.2, 0) is 0 Å².